The summed E-state index contributed by atoms with van der Waals surface area (Å²) in [6.07, 6.45) is 0. The van der Waals surface area contributed by atoms with Crippen molar-refractivity contribution in [1.29, 1.82) is 0 Å². The van der Waals surface area contributed by atoms with Gasteiger partial charge in [0.25, 0.3) is 11.8 Å². The zero-order valence-electron chi connectivity index (χ0n) is 18.1. The van der Waals surface area contributed by atoms with Gasteiger partial charge in [-0.05, 0) is 54.8 Å². The first-order valence-corrected chi connectivity index (χ1v) is 10.3. The highest BCUT2D eigenvalue weighted by molar-refractivity contribution is 6.33. The van der Waals surface area contributed by atoms with Gasteiger partial charge in [0.15, 0.2) is 0 Å². The fraction of sp³-hybridized carbons (Fsp3) is 0.130. The number of benzene rings is 3. The molecular weight excluding hydrogens is 464 g/mol. The molecular formula is C23H19ClN4O6. The summed E-state index contributed by atoms with van der Waals surface area (Å²) in [4.78, 5) is 47.1. The van der Waals surface area contributed by atoms with Gasteiger partial charge >= 0.3 is 11.4 Å². The van der Waals surface area contributed by atoms with Crippen LogP contribution < -0.4 is 10.6 Å². The van der Waals surface area contributed by atoms with E-state index in [1.807, 2.05) is 19.9 Å². The molecule has 0 unspecified atom stereocenters. The number of rotatable bonds is 7. The summed E-state index contributed by atoms with van der Waals surface area (Å²) >= 11 is 5.77. The molecule has 1 atom stereocenters. The van der Waals surface area contributed by atoms with Crippen LogP contribution in [0.5, 0.6) is 0 Å². The number of hydrogen-bond acceptors (Lipinski definition) is 6. The van der Waals surface area contributed by atoms with Gasteiger partial charge in [-0.25, -0.2) is 0 Å². The van der Waals surface area contributed by atoms with Crippen LogP contribution in [0.2, 0.25) is 5.02 Å². The Balaban J connectivity index is 2.00. The monoisotopic (exact) mass is 482 g/mol. The van der Waals surface area contributed by atoms with E-state index in [2.05, 4.69) is 10.6 Å². The molecule has 2 N–H and O–H groups in total. The molecule has 0 aliphatic rings. The second kappa shape index (κ2) is 10.1. The van der Waals surface area contributed by atoms with Gasteiger partial charge in [0.1, 0.15) is 16.6 Å². The van der Waals surface area contributed by atoms with E-state index in [0.29, 0.717) is 11.3 Å². The number of halogens is 1. The second-order valence-corrected chi connectivity index (χ2v) is 7.90. The first-order valence-electron chi connectivity index (χ1n) is 9.94. The van der Waals surface area contributed by atoms with E-state index >= 15 is 0 Å². The minimum atomic E-state index is -1.25. The first kappa shape index (κ1) is 24.3. The van der Waals surface area contributed by atoms with Crippen molar-refractivity contribution >= 4 is 40.5 Å². The van der Waals surface area contributed by atoms with Gasteiger partial charge in [-0.3, -0.25) is 29.8 Å². The normalized spacial score (nSPS) is 11.4. The van der Waals surface area contributed by atoms with Crippen molar-refractivity contribution in [2.45, 2.75) is 19.9 Å². The van der Waals surface area contributed by atoms with Crippen LogP contribution in [0.15, 0.2) is 60.7 Å². The number of nitro groups is 2. The summed E-state index contributed by atoms with van der Waals surface area (Å²) in [6, 6.07) is 14.5. The maximum atomic E-state index is 13.2. The molecule has 2 amide bonds. The van der Waals surface area contributed by atoms with Gasteiger partial charge < -0.3 is 10.6 Å². The lowest BCUT2D eigenvalue weighted by Gasteiger charge is -2.19. The minimum absolute atomic E-state index is 0.406. The third kappa shape index (κ3) is 5.36. The summed E-state index contributed by atoms with van der Waals surface area (Å²) in [5.74, 6) is -1.65. The number of nitro benzene ring substituents is 2. The van der Waals surface area contributed by atoms with Crippen molar-refractivity contribution in [2.75, 3.05) is 5.32 Å². The summed E-state index contributed by atoms with van der Waals surface area (Å²) in [5, 5.41) is 27.6. The minimum Gasteiger partial charge on any atom is -0.336 e. The smallest absolute Gasteiger partial charge is 0.336 e. The molecule has 11 heteroatoms. The van der Waals surface area contributed by atoms with Crippen LogP contribution >= 0.6 is 11.6 Å². The lowest BCUT2D eigenvalue weighted by molar-refractivity contribution is -0.422. The van der Waals surface area contributed by atoms with Crippen LogP contribution in [0, 0.1) is 34.1 Å². The Hall–Kier alpha value is -4.31. The maximum absolute atomic E-state index is 13.2. The number of hydrogen-bond donors (Lipinski definition) is 2. The Morgan fingerprint density at radius 1 is 0.882 bits per heavy atom. The zero-order valence-corrected chi connectivity index (χ0v) is 18.8. The third-order valence-electron chi connectivity index (χ3n) is 4.87. The van der Waals surface area contributed by atoms with Gasteiger partial charge in [0.05, 0.1) is 9.85 Å². The predicted octanol–water partition coefficient (Wildman–Crippen LogP) is 4.88. The molecule has 0 saturated carbocycles. The summed E-state index contributed by atoms with van der Waals surface area (Å²) < 4.78 is 0. The third-order valence-corrected chi connectivity index (χ3v) is 5.18. The quantitative estimate of drug-likeness (QED) is 0.362. The number of anilines is 1. The topological polar surface area (TPSA) is 144 Å². The summed E-state index contributed by atoms with van der Waals surface area (Å²) in [7, 11) is 0. The molecule has 0 bridgehead atoms. The van der Waals surface area contributed by atoms with Crippen molar-refractivity contribution < 1.29 is 19.4 Å². The Kier molecular flexibility index (Phi) is 7.22. The first-order chi connectivity index (χ1) is 16.1. The van der Waals surface area contributed by atoms with E-state index in [9.17, 15) is 29.8 Å². The SMILES string of the molecule is Cc1cc(C)cc(NC(=O)[C@H](NC(=O)c2ccc(Cl)c([N+](=O)[O-])c2[N+](=O)[O-])c2ccccc2)c1. The van der Waals surface area contributed by atoms with E-state index in [1.165, 1.54) is 0 Å². The van der Waals surface area contributed by atoms with Gasteiger partial charge in [-0.1, -0.05) is 48.0 Å². The molecule has 0 aromatic heterocycles. The van der Waals surface area contributed by atoms with Gasteiger partial charge in [0, 0.05) is 5.69 Å². The van der Waals surface area contributed by atoms with Crippen LogP contribution in [0.25, 0.3) is 0 Å². The Bertz CT molecular complexity index is 1280. The average Bonchev–Trinajstić information content (AvgIpc) is 2.76. The Morgan fingerprint density at radius 3 is 2.03 bits per heavy atom. The zero-order chi connectivity index (χ0) is 25.0. The standard InChI is InChI=1S/C23H19ClN4O6/c1-13-10-14(2)12-16(11-13)25-23(30)19(15-6-4-3-5-7-15)26-22(29)17-8-9-18(24)21(28(33)34)20(17)27(31)32/h3-12,19H,1-2H3,(H,25,30)(H,26,29)/t19-/m1/s1. The molecule has 34 heavy (non-hydrogen) atoms. The lowest BCUT2D eigenvalue weighted by atomic mass is 10.0. The van der Waals surface area contributed by atoms with Crippen LogP contribution in [-0.2, 0) is 4.79 Å². The van der Waals surface area contributed by atoms with E-state index in [-0.39, 0.29) is 0 Å². The molecule has 3 aromatic rings. The molecule has 3 rings (SSSR count). The van der Waals surface area contributed by atoms with E-state index < -0.39 is 49.7 Å². The van der Waals surface area contributed by atoms with E-state index in [1.54, 1.807) is 42.5 Å². The Morgan fingerprint density at radius 2 is 1.47 bits per heavy atom. The number of nitrogens with zero attached hydrogens (tertiary/aromatic N) is 2. The molecule has 0 spiro atoms. The molecule has 0 fully saturated rings. The average molecular weight is 483 g/mol. The number of carbonyl (C=O) groups is 2. The fourth-order valence-electron chi connectivity index (χ4n) is 3.51. The highest BCUT2D eigenvalue weighted by Crippen LogP contribution is 2.37. The largest absolute Gasteiger partial charge is 0.365 e. The fourth-order valence-corrected chi connectivity index (χ4v) is 3.73. The number of carbonyl (C=O) groups excluding carboxylic acids is 2. The lowest BCUT2D eigenvalue weighted by Crippen LogP contribution is -2.37. The molecule has 174 valence electrons. The number of amides is 2. The molecule has 0 heterocycles. The van der Waals surface area contributed by atoms with Gasteiger partial charge in [-0.2, -0.15) is 0 Å². The number of nitrogens with one attached hydrogen (secondary N) is 2. The second-order valence-electron chi connectivity index (χ2n) is 7.49. The molecule has 3 aromatic carbocycles. The van der Waals surface area contributed by atoms with Crippen LogP contribution in [0.4, 0.5) is 17.1 Å². The van der Waals surface area contributed by atoms with Crippen LogP contribution in [0.3, 0.4) is 0 Å². The van der Waals surface area contributed by atoms with Crippen molar-refractivity contribution in [1.82, 2.24) is 5.32 Å². The molecule has 0 radical (unpaired) electrons. The highest BCUT2D eigenvalue weighted by atomic mass is 35.5. The van der Waals surface area contributed by atoms with E-state index in [4.69, 9.17) is 11.6 Å². The van der Waals surface area contributed by atoms with Crippen molar-refractivity contribution in [3.63, 3.8) is 0 Å². The van der Waals surface area contributed by atoms with Gasteiger partial charge in [0.2, 0.25) is 0 Å². The Labute approximate surface area is 198 Å². The molecule has 0 aliphatic heterocycles. The highest BCUT2D eigenvalue weighted by Gasteiger charge is 2.36. The summed E-state index contributed by atoms with van der Waals surface area (Å²) in [6.45, 7) is 3.73. The number of aryl methyl sites for hydroxylation is 2. The van der Waals surface area contributed by atoms with Gasteiger partial charge in [-0.15, -0.1) is 0 Å². The summed E-state index contributed by atoms with van der Waals surface area (Å²) in [5.41, 5.74) is 0.0852. The van der Waals surface area contributed by atoms with Crippen LogP contribution in [-0.4, -0.2) is 21.7 Å². The van der Waals surface area contributed by atoms with Crippen molar-refractivity contribution in [3.05, 3.63) is 108 Å². The van der Waals surface area contributed by atoms with E-state index in [0.717, 1.165) is 23.3 Å². The maximum Gasteiger partial charge on any atom is 0.365 e. The predicted molar refractivity (Wildman–Crippen MR) is 126 cm³/mol. The molecule has 0 saturated heterocycles. The van der Waals surface area contributed by atoms with Crippen molar-refractivity contribution in [2.24, 2.45) is 0 Å². The molecule has 0 aliphatic carbocycles. The van der Waals surface area contributed by atoms with Crippen LogP contribution in [0.1, 0.15) is 33.1 Å². The molecule has 10 nitrogen and oxygen atoms in total. The van der Waals surface area contributed by atoms with Crippen molar-refractivity contribution in [3.8, 4) is 0 Å².